The van der Waals surface area contributed by atoms with Gasteiger partial charge in [0.15, 0.2) is 4.32 Å². The zero-order valence-corrected chi connectivity index (χ0v) is 20.4. The van der Waals surface area contributed by atoms with Gasteiger partial charge in [-0.2, -0.15) is 5.10 Å². The molecule has 2 saturated heterocycles. The van der Waals surface area contributed by atoms with Gasteiger partial charge in [0, 0.05) is 48.5 Å². The minimum absolute atomic E-state index is 0.0796. The second kappa shape index (κ2) is 9.40. The number of benzene rings is 2. The fourth-order valence-corrected chi connectivity index (χ4v) is 5.30. The van der Waals surface area contributed by atoms with Crippen LogP contribution < -0.4 is 0 Å². The summed E-state index contributed by atoms with van der Waals surface area (Å²) in [5.41, 5.74) is 3.49. The number of carbonyl (C=O) groups excluding carboxylic acids is 1. The minimum Gasteiger partial charge on any atom is -0.304 e. The summed E-state index contributed by atoms with van der Waals surface area (Å²) in [6.45, 7) is 3.36. The summed E-state index contributed by atoms with van der Waals surface area (Å²) < 4.78 is 2.40. The van der Waals surface area contributed by atoms with E-state index in [9.17, 15) is 4.79 Å². The molecule has 0 radical (unpaired) electrons. The summed E-state index contributed by atoms with van der Waals surface area (Å²) in [6, 6.07) is 17.5. The first kappa shape index (κ1) is 22.3. The lowest BCUT2D eigenvalue weighted by molar-refractivity contribution is -0.135. The van der Waals surface area contributed by atoms with E-state index in [0.717, 1.165) is 48.7 Å². The van der Waals surface area contributed by atoms with Crippen molar-refractivity contribution in [1.82, 2.24) is 24.7 Å². The van der Waals surface area contributed by atoms with E-state index in [0.29, 0.717) is 14.2 Å². The molecule has 0 unspecified atom stereocenters. The number of likely N-dealkylation sites (N-methyl/N-ethyl adjacent to an activating group) is 1. The van der Waals surface area contributed by atoms with Crippen molar-refractivity contribution in [3.8, 4) is 16.9 Å². The van der Waals surface area contributed by atoms with Crippen molar-refractivity contribution in [3.63, 3.8) is 0 Å². The third kappa shape index (κ3) is 4.62. The fraction of sp³-hybridized carbons (Fsp3) is 0.208. The van der Waals surface area contributed by atoms with Gasteiger partial charge in [-0.05, 0) is 37.4 Å². The highest BCUT2D eigenvalue weighted by Crippen LogP contribution is 2.36. The maximum absolute atomic E-state index is 13.3. The summed E-state index contributed by atoms with van der Waals surface area (Å²) in [5, 5.41) is 9.20. The van der Waals surface area contributed by atoms with E-state index in [4.69, 9.17) is 28.9 Å². The molecule has 9 heteroatoms. The number of amides is 1. The second-order valence-electron chi connectivity index (χ2n) is 7.97. The van der Waals surface area contributed by atoms with Gasteiger partial charge in [0.1, 0.15) is 0 Å². The van der Waals surface area contributed by atoms with Crippen molar-refractivity contribution in [1.29, 1.82) is 0 Å². The smallest absolute Gasteiger partial charge is 0.280 e. The molecule has 2 aliphatic heterocycles. The molecule has 0 bridgehead atoms. The molecule has 0 N–H and O–H groups in total. The molecule has 3 aromatic rings. The second-order valence-corrected chi connectivity index (χ2v) is 10.1. The van der Waals surface area contributed by atoms with Crippen molar-refractivity contribution in [2.75, 3.05) is 33.2 Å². The van der Waals surface area contributed by atoms with Gasteiger partial charge in [0.25, 0.3) is 5.91 Å². The lowest BCUT2D eigenvalue weighted by Gasteiger charge is -2.37. The first-order valence-corrected chi connectivity index (χ1v) is 12.2. The molecule has 0 aliphatic carbocycles. The van der Waals surface area contributed by atoms with E-state index >= 15 is 0 Å². The van der Waals surface area contributed by atoms with Crippen LogP contribution in [0.1, 0.15) is 5.56 Å². The fourth-order valence-electron chi connectivity index (χ4n) is 3.88. The largest absolute Gasteiger partial charge is 0.304 e. The number of halogens is 1. The van der Waals surface area contributed by atoms with E-state index in [2.05, 4.69) is 11.9 Å². The molecule has 2 fully saturated rings. The Kier molecular flexibility index (Phi) is 6.36. The number of piperazine rings is 1. The number of rotatable bonds is 4. The molecule has 6 nitrogen and oxygen atoms in total. The van der Waals surface area contributed by atoms with Crippen LogP contribution in [0.5, 0.6) is 0 Å². The Morgan fingerprint density at radius 1 is 1.03 bits per heavy atom. The number of para-hydroxylation sites is 1. The van der Waals surface area contributed by atoms with E-state index in [1.54, 1.807) is 5.01 Å². The van der Waals surface area contributed by atoms with Gasteiger partial charge in [0.2, 0.25) is 0 Å². The third-order valence-corrected chi connectivity index (χ3v) is 7.24. The molecule has 0 saturated carbocycles. The van der Waals surface area contributed by atoms with Crippen LogP contribution in [0.15, 0.2) is 65.7 Å². The highest BCUT2D eigenvalue weighted by Gasteiger charge is 2.37. The number of thioether (sulfide) groups is 1. The van der Waals surface area contributed by atoms with Gasteiger partial charge >= 0.3 is 0 Å². The maximum Gasteiger partial charge on any atom is 0.280 e. The molecular weight excluding hydrogens is 474 g/mol. The SMILES string of the molecule is CN1CCN(N2C(=O)/C(=C/c3cn(-c4ccccc4)nc3-c3ccc(Cl)cc3)SC2=S)CC1. The number of aromatic nitrogens is 2. The quantitative estimate of drug-likeness (QED) is 0.390. The van der Waals surface area contributed by atoms with Gasteiger partial charge < -0.3 is 4.90 Å². The van der Waals surface area contributed by atoms with Crippen molar-refractivity contribution in [3.05, 3.63) is 76.3 Å². The van der Waals surface area contributed by atoms with Crippen LogP contribution in [0.25, 0.3) is 23.0 Å². The van der Waals surface area contributed by atoms with Crippen molar-refractivity contribution in [2.45, 2.75) is 0 Å². The Bertz CT molecular complexity index is 1220. The highest BCUT2D eigenvalue weighted by molar-refractivity contribution is 8.26. The summed E-state index contributed by atoms with van der Waals surface area (Å²) >= 11 is 13.0. The average Bonchev–Trinajstić information content (AvgIpc) is 3.36. The Hall–Kier alpha value is -2.49. The monoisotopic (exact) mass is 495 g/mol. The van der Waals surface area contributed by atoms with E-state index in [1.807, 2.05) is 76.6 Å². The van der Waals surface area contributed by atoms with Crippen LogP contribution in [-0.4, -0.2) is 68.2 Å². The highest BCUT2D eigenvalue weighted by atomic mass is 35.5. The van der Waals surface area contributed by atoms with Crippen LogP contribution in [0.2, 0.25) is 5.02 Å². The predicted octanol–water partition coefficient (Wildman–Crippen LogP) is 4.56. The first-order valence-electron chi connectivity index (χ1n) is 10.6. The molecule has 5 rings (SSSR count). The number of carbonyl (C=O) groups is 1. The zero-order valence-electron chi connectivity index (χ0n) is 18.0. The molecular formula is C24H22ClN5OS2. The Morgan fingerprint density at radius 2 is 1.73 bits per heavy atom. The maximum atomic E-state index is 13.3. The Labute approximate surface area is 207 Å². The van der Waals surface area contributed by atoms with Crippen LogP contribution in [0.4, 0.5) is 0 Å². The van der Waals surface area contributed by atoms with Crippen molar-refractivity contribution in [2.24, 2.45) is 0 Å². The van der Waals surface area contributed by atoms with Crippen LogP contribution in [0, 0.1) is 0 Å². The number of nitrogens with zero attached hydrogens (tertiary/aromatic N) is 5. The third-order valence-electron chi connectivity index (χ3n) is 5.70. The Balaban J connectivity index is 1.51. The topological polar surface area (TPSA) is 44.6 Å². The molecule has 2 aromatic carbocycles. The minimum atomic E-state index is -0.0796. The number of hydrogen-bond donors (Lipinski definition) is 0. The molecule has 2 aliphatic rings. The molecule has 168 valence electrons. The van der Waals surface area contributed by atoms with Gasteiger partial charge in [-0.3, -0.25) is 4.79 Å². The summed E-state index contributed by atoms with van der Waals surface area (Å²) in [7, 11) is 2.09. The van der Waals surface area contributed by atoms with Crippen LogP contribution in [-0.2, 0) is 4.79 Å². The standard InChI is InChI=1S/C24H22ClN5OS2/c1-27-11-13-28(14-12-27)30-23(31)21(33-24(30)32)15-18-16-29(20-5-3-2-4-6-20)26-22(18)17-7-9-19(25)10-8-17/h2-10,15-16H,11-14H2,1H3/b21-15-. The molecule has 0 atom stereocenters. The normalized spacial score (nSPS) is 19.1. The first-order chi connectivity index (χ1) is 16.0. The molecule has 1 aromatic heterocycles. The van der Waals surface area contributed by atoms with Crippen LogP contribution in [0.3, 0.4) is 0 Å². The number of hydrazine groups is 1. The van der Waals surface area contributed by atoms with E-state index in [1.165, 1.54) is 11.8 Å². The number of thiocarbonyl (C=S) groups is 1. The van der Waals surface area contributed by atoms with Gasteiger partial charge in [-0.1, -0.05) is 65.9 Å². The summed E-state index contributed by atoms with van der Waals surface area (Å²) in [4.78, 5) is 16.2. The molecule has 33 heavy (non-hydrogen) atoms. The van der Waals surface area contributed by atoms with Crippen molar-refractivity contribution >= 4 is 51.9 Å². The predicted molar refractivity (Wildman–Crippen MR) is 138 cm³/mol. The van der Waals surface area contributed by atoms with Gasteiger partial charge in [0.05, 0.1) is 16.3 Å². The lowest BCUT2D eigenvalue weighted by atomic mass is 10.1. The molecule has 0 spiro atoms. The van der Waals surface area contributed by atoms with Crippen LogP contribution >= 0.6 is 35.6 Å². The summed E-state index contributed by atoms with van der Waals surface area (Å²) in [6.07, 6.45) is 3.84. The average molecular weight is 496 g/mol. The Morgan fingerprint density at radius 3 is 2.42 bits per heavy atom. The summed E-state index contributed by atoms with van der Waals surface area (Å²) in [5.74, 6) is -0.0796. The van der Waals surface area contributed by atoms with Gasteiger partial charge in [-0.15, -0.1) is 0 Å². The van der Waals surface area contributed by atoms with E-state index in [-0.39, 0.29) is 5.91 Å². The zero-order chi connectivity index (χ0) is 22.9. The number of hydrogen-bond acceptors (Lipinski definition) is 6. The lowest BCUT2D eigenvalue weighted by Crippen LogP contribution is -2.54. The van der Waals surface area contributed by atoms with Gasteiger partial charge in [-0.25, -0.2) is 14.7 Å². The van der Waals surface area contributed by atoms with E-state index < -0.39 is 0 Å². The molecule has 1 amide bonds. The van der Waals surface area contributed by atoms with Crippen molar-refractivity contribution < 1.29 is 4.79 Å². The molecule has 3 heterocycles.